The van der Waals surface area contributed by atoms with Crippen LogP contribution in [0.3, 0.4) is 0 Å². The second kappa shape index (κ2) is 11.2. The molecule has 1 aromatic carbocycles. The van der Waals surface area contributed by atoms with Crippen LogP contribution in [0.5, 0.6) is 0 Å². The number of nitrogens with zero attached hydrogens (tertiary/aromatic N) is 3. The average molecular weight is 418 g/mol. The summed E-state index contributed by atoms with van der Waals surface area (Å²) < 4.78 is 13.8. The van der Waals surface area contributed by atoms with Crippen LogP contribution in [0.15, 0.2) is 23.2 Å². The third-order valence-electron chi connectivity index (χ3n) is 3.12. The summed E-state index contributed by atoms with van der Waals surface area (Å²) in [6.07, 6.45) is 2.21. The zero-order valence-electron chi connectivity index (χ0n) is 13.4. The summed E-state index contributed by atoms with van der Waals surface area (Å²) in [6, 6.07) is 6.40. The van der Waals surface area contributed by atoms with Crippen molar-refractivity contribution in [2.24, 2.45) is 4.99 Å². The summed E-state index contributed by atoms with van der Waals surface area (Å²) in [5.41, 5.74) is 0.820. The third kappa shape index (κ3) is 6.60. The molecule has 4 nitrogen and oxygen atoms in total. The Hall–Kier alpha value is -1.36. The van der Waals surface area contributed by atoms with Crippen molar-refractivity contribution < 1.29 is 4.39 Å². The standard InChI is InChI=1S/C16H23FN4.HI/c1-4-6-9-21(3)16(19-5-2)20-12-14-8-7-13(11-18)10-15(14)17;/h7-8,10H,4-6,9,12H2,1-3H3,(H,19,20);1H. The fourth-order valence-electron chi connectivity index (χ4n) is 1.88. The van der Waals surface area contributed by atoms with E-state index in [9.17, 15) is 4.39 Å². The highest BCUT2D eigenvalue weighted by atomic mass is 127. The van der Waals surface area contributed by atoms with Gasteiger partial charge in [0.25, 0.3) is 0 Å². The lowest BCUT2D eigenvalue weighted by Crippen LogP contribution is -2.39. The Morgan fingerprint density at radius 1 is 1.41 bits per heavy atom. The molecule has 1 rings (SSSR count). The summed E-state index contributed by atoms with van der Waals surface area (Å²) in [7, 11) is 1.98. The number of halogens is 2. The fraction of sp³-hybridized carbons (Fsp3) is 0.500. The average Bonchev–Trinajstić information content (AvgIpc) is 2.49. The number of nitriles is 1. The molecule has 0 aliphatic heterocycles. The summed E-state index contributed by atoms with van der Waals surface area (Å²) in [5, 5.41) is 11.9. The van der Waals surface area contributed by atoms with Gasteiger partial charge in [-0.25, -0.2) is 9.38 Å². The second-order valence-corrected chi connectivity index (χ2v) is 4.86. The lowest BCUT2D eigenvalue weighted by atomic mass is 10.1. The lowest BCUT2D eigenvalue weighted by molar-refractivity contribution is 0.464. The van der Waals surface area contributed by atoms with Crippen molar-refractivity contribution in [3.63, 3.8) is 0 Å². The van der Waals surface area contributed by atoms with Crippen LogP contribution < -0.4 is 5.32 Å². The topological polar surface area (TPSA) is 51.4 Å². The van der Waals surface area contributed by atoms with Crippen molar-refractivity contribution in [1.82, 2.24) is 10.2 Å². The molecule has 0 unspecified atom stereocenters. The molecule has 0 saturated heterocycles. The molecule has 122 valence electrons. The van der Waals surface area contributed by atoms with Crippen LogP contribution in [0, 0.1) is 17.1 Å². The normalized spacial score (nSPS) is 10.6. The van der Waals surface area contributed by atoms with Crippen molar-refractivity contribution in [3.8, 4) is 6.07 Å². The van der Waals surface area contributed by atoms with E-state index in [2.05, 4.69) is 22.1 Å². The molecule has 0 radical (unpaired) electrons. The van der Waals surface area contributed by atoms with Crippen LogP contribution in [0.4, 0.5) is 4.39 Å². The van der Waals surface area contributed by atoms with Crippen LogP contribution in [0.1, 0.15) is 37.8 Å². The molecule has 0 fully saturated rings. The smallest absolute Gasteiger partial charge is 0.193 e. The molecule has 22 heavy (non-hydrogen) atoms. The van der Waals surface area contributed by atoms with Gasteiger partial charge in [0.2, 0.25) is 0 Å². The molecule has 0 atom stereocenters. The molecular weight excluding hydrogens is 394 g/mol. The molecule has 0 bridgehead atoms. The first-order valence-corrected chi connectivity index (χ1v) is 7.30. The number of aliphatic imine (C=N–C) groups is 1. The molecular formula is C16H24FIN4. The minimum absolute atomic E-state index is 0. The molecule has 0 spiro atoms. The van der Waals surface area contributed by atoms with E-state index in [-0.39, 0.29) is 36.3 Å². The Morgan fingerprint density at radius 2 is 2.14 bits per heavy atom. The monoisotopic (exact) mass is 418 g/mol. The molecule has 0 aliphatic carbocycles. The third-order valence-corrected chi connectivity index (χ3v) is 3.12. The van der Waals surface area contributed by atoms with Gasteiger partial charge in [0.15, 0.2) is 5.96 Å². The number of rotatable bonds is 6. The van der Waals surface area contributed by atoms with Crippen LogP contribution in [-0.4, -0.2) is 31.0 Å². The maximum atomic E-state index is 13.8. The van der Waals surface area contributed by atoms with Crippen molar-refractivity contribution in [1.29, 1.82) is 5.26 Å². The predicted molar refractivity (Wildman–Crippen MR) is 98.9 cm³/mol. The highest BCUT2D eigenvalue weighted by Crippen LogP contribution is 2.11. The minimum atomic E-state index is -0.384. The fourth-order valence-corrected chi connectivity index (χ4v) is 1.88. The van der Waals surface area contributed by atoms with E-state index in [1.165, 1.54) is 6.07 Å². The number of guanidine groups is 1. The van der Waals surface area contributed by atoms with Crippen molar-refractivity contribution >= 4 is 29.9 Å². The van der Waals surface area contributed by atoms with E-state index >= 15 is 0 Å². The lowest BCUT2D eigenvalue weighted by Gasteiger charge is -2.21. The first-order valence-electron chi connectivity index (χ1n) is 7.30. The summed E-state index contributed by atoms with van der Waals surface area (Å²) in [4.78, 5) is 6.51. The predicted octanol–water partition coefficient (Wildman–Crippen LogP) is 3.51. The van der Waals surface area contributed by atoms with Gasteiger partial charge in [-0.05, 0) is 25.5 Å². The Morgan fingerprint density at radius 3 is 2.68 bits per heavy atom. The summed E-state index contributed by atoms with van der Waals surface area (Å²) in [5.74, 6) is 0.388. The van der Waals surface area contributed by atoms with Crippen molar-refractivity contribution in [3.05, 3.63) is 35.1 Å². The van der Waals surface area contributed by atoms with Crippen molar-refractivity contribution in [2.45, 2.75) is 33.2 Å². The molecule has 0 heterocycles. The van der Waals surface area contributed by atoms with Gasteiger partial charge in [0.1, 0.15) is 5.82 Å². The van der Waals surface area contributed by atoms with E-state index < -0.39 is 0 Å². The van der Waals surface area contributed by atoms with E-state index in [1.807, 2.05) is 20.0 Å². The highest BCUT2D eigenvalue weighted by molar-refractivity contribution is 14.0. The largest absolute Gasteiger partial charge is 0.357 e. The first kappa shape index (κ1) is 20.6. The van der Waals surface area contributed by atoms with E-state index in [0.29, 0.717) is 11.1 Å². The Bertz CT molecular complexity index is 525. The number of hydrogen-bond acceptors (Lipinski definition) is 2. The van der Waals surface area contributed by atoms with Gasteiger partial charge in [-0.1, -0.05) is 19.4 Å². The van der Waals surface area contributed by atoms with Crippen LogP contribution in [0.25, 0.3) is 0 Å². The summed E-state index contributed by atoms with van der Waals surface area (Å²) in [6.45, 7) is 6.09. The van der Waals surface area contributed by atoms with E-state index in [0.717, 1.165) is 31.9 Å². The SMILES string of the molecule is CCCCN(C)C(=NCc1ccc(C#N)cc1F)NCC.I. The number of unbranched alkanes of at least 4 members (excludes halogenated alkanes) is 1. The Kier molecular flexibility index (Phi) is 10.5. The number of benzene rings is 1. The molecule has 1 N–H and O–H groups in total. The number of hydrogen-bond donors (Lipinski definition) is 1. The summed E-state index contributed by atoms with van der Waals surface area (Å²) >= 11 is 0. The maximum absolute atomic E-state index is 13.8. The van der Waals surface area contributed by atoms with Crippen LogP contribution in [-0.2, 0) is 6.54 Å². The molecule has 1 aromatic rings. The maximum Gasteiger partial charge on any atom is 0.193 e. The second-order valence-electron chi connectivity index (χ2n) is 4.86. The van der Waals surface area contributed by atoms with Gasteiger partial charge in [0.05, 0.1) is 18.2 Å². The van der Waals surface area contributed by atoms with E-state index in [4.69, 9.17) is 5.26 Å². The Balaban J connectivity index is 0.00000441. The number of nitrogens with one attached hydrogen (secondary N) is 1. The highest BCUT2D eigenvalue weighted by Gasteiger charge is 2.07. The zero-order chi connectivity index (χ0) is 15.7. The van der Waals surface area contributed by atoms with Gasteiger partial charge in [0, 0.05) is 25.7 Å². The van der Waals surface area contributed by atoms with Gasteiger partial charge in [-0.2, -0.15) is 5.26 Å². The van der Waals surface area contributed by atoms with Gasteiger partial charge in [-0.15, -0.1) is 24.0 Å². The molecule has 0 amide bonds. The Labute approximate surface area is 149 Å². The minimum Gasteiger partial charge on any atom is -0.357 e. The van der Waals surface area contributed by atoms with Crippen molar-refractivity contribution in [2.75, 3.05) is 20.1 Å². The van der Waals surface area contributed by atoms with Gasteiger partial charge in [-0.3, -0.25) is 0 Å². The van der Waals surface area contributed by atoms with Crippen LogP contribution in [0.2, 0.25) is 0 Å². The molecule has 0 aliphatic rings. The molecule has 0 saturated carbocycles. The van der Waals surface area contributed by atoms with Gasteiger partial charge < -0.3 is 10.2 Å². The molecule has 0 aromatic heterocycles. The van der Waals surface area contributed by atoms with Crippen LogP contribution >= 0.6 is 24.0 Å². The van der Waals surface area contributed by atoms with Gasteiger partial charge >= 0.3 is 0 Å². The zero-order valence-corrected chi connectivity index (χ0v) is 15.7. The van der Waals surface area contributed by atoms with E-state index in [1.54, 1.807) is 12.1 Å². The quantitative estimate of drug-likeness (QED) is 0.437. The first-order chi connectivity index (χ1) is 10.1. The molecule has 6 heteroatoms.